The Morgan fingerprint density at radius 1 is 1.21 bits per heavy atom. The molecule has 0 aromatic carbocycles. The van der Waals surface area contributed by atoms with Gasteiger partial charge in [0.2, 0.25) is 0 Å². The zero-order valence-corrected chi connectivity index (χ0v) is 12.1. The Balaban J connectivity index is 2.29. The normalized spacial score (nSPS) is 16.7. The summed E-state index contributed by atoms with van der Waals surface area (Å²) in [6.07, 6.45) is 1.92. The van der Waals surface area contributed by atoms with Gasteiger partial charge in [0.15, 0.2) is 0 Å². The highest BCUT2D eigenvalue weighted by molar-refractivity contribution is 5.58. The summed E-state index contributed by atoms with van der Waals surface area (Å²) in [6, 6.07) is 0. The van der Waals surface area contributed by atoms with Crippen molar-refractivity contribution in [1.29, 1.82) is 0 Å². The molecule has 0 amide bonds. The van der Waals surface area contributed by atoms with Gasteiger partial charge in [-0.05, 0) is 20.4 Å². The van der Waals surface area contributed by atoms with E-state index < -0.39 is 0 Å². The van der Waals surface area contributed by atoms with Crippen LogP contribution in [0.25, 0.3) is 0 Å². The molecule has 1 saturated heterocycles. The standard InChI is InChI=1S/C13H24N6/c1-4-5-11-15-12(17-14)10(2)13(16-11)19-8-6-18(3)7-9-19/h4-9,14H2,1-3H3,(H,15,16,17). The Bertz CT molecular complexity index is 425. The van der Waals surface area contributed by atoms with E-state index in [2.05, 4.69) is 34.2 Å². The van der Waals surface area contributed by atoms with E-state index in [1.807, 2.05) is 6.92 Å². The van der Waals surface area contributed by atoms with Crippen LogP contribution in [-0.2, 0) is 6.42 Å². The van der Waals surface area contributed by atoms with Crippen molar-refractivity contribution in [2.75, 3.05) is 43.6 Å². The van der Waals surface area contributed by atoms with Gasteiger partial charge in [-0.15, -0.1) is 0 Å². The lowest BCUT2D eigenvalue weighted by molar-refractivity contribution is 0.312. The third kappa shape index (κ3) is 3.13. The minimum atomic E-state index is 0.743. The SMILES string of the molecule is CCCc1nc(NN)c(C)c(N2CCN(C)CC2)n1. The zero-order valence-electron chi connectivity index (χ0n) is 12.1. The average Bonchev–Trinajstić information content (AvgIpc) is 2.42. The average molecular weight is 264 g/mol. The predicted molar refractivity (Wildman–Crippen MR) is 78.3 cm³/mol. The molecule has 6 nitrogen and oxygen atoms in total. The van der Waals surface area contributed by atoms with E-state index in [1.54, 1.807) is 0 Å². The number of nitrogens with two attached hydrogens (primary N) is 1. The van der Waals surface area contributed by atoms with E-state index >= 15 is 0 Å². The lowest BCUT2D eigenvalue weighted by Gasteiger charge is -2.34. The van der Waals surface area contributed by atoms with Gasteiger partial charge < -0.3 is 15.2 Å². The second-order valence-corrected chi connectivity index (χ2v) is 5.12. The highest BCUT2D eigenvalue weighted by Crippen LogP contribution is 2.24. The largest absolute Gasteiger partial charge is 0.354 e. The number of anilines is 2. The summed E-state index contributed by atoms with van der Waals surface area (Å²) in [5, 5.41) is 0. The summed E-state index contributed by atoms with van der Waals surface area (Å²) < 4.78 is 0. The maximum atomic E-state index is 5.57. The molecule has 2 rings (SSSR count). The second kappa shape index (κ2) is 6.16. The van der Waals surface area contributed by atoms with E-state index in [1.165, 1.54) is 0 Å². The van der Waals surface area contributed by atoms with E-state index in [-0.39, 0.29) is 0 Å². The molecule has 0 spiro atoms. The molecule has 1 fully saturated rings. The fourth-order valence-electron chi connectivity index (χ4n) is 2.35. The monoisotopic (exact) mass is 264 g/mol. The van der Waals surface area contributed by atoms with Crippen LogP contribution in [0.2, 0.25) is 0 Å². The van der Waals surface area contributed by atoms with Crippen molar-refractivity contribution in [3.63, 3.8) is 0 Å². The first kappa shape index (κ1) is 14.0. The minimum absolute atomic E-state index is 0.743. The molecule has 106 valence electrons. The van der Waals surface area contributed by atoms with Gasteiger partial charge in [0.1, 0.15) is 17.5 Å². The molecular formula is C13H24N6. The number of hydrogen-bond donors (Lipinski definition) is 2. The Morgan fingerprint density at radius 3 is 2.47 bits per heavy atom. The summed E-state index contributed by atoms with van der Waals surface area (Å²) in [6.45, 7) is 8.30. The summed E-state index contributed by atoms with van der Waals surface area (Å²) >= 11 is 0. The van der Waals surface area contributed by atoms with Crippen molar-refractivity contribution in [3.05, 3.63) is 11.4 Å². The smallest absolute Gasteiger partial charge is 0.148 e. The van der Waals surface area contributed by atoms with Gasteiger partial charge in [0.05, 0.1) is 0 Å². The summed E-state index contributed by atoms with van der Waals surface area (Å²) in [4.78, 5) is 13.9. The molecular weight excluding hydrogens is 240 g/mol. The molecule has 0 unspecified atom stereocenters. The van der Waals surface area contributed by atoms with Gasteiger partial charge in [-0.3, -0.25) is 0 Å². The Labute approximate surface area is 115 Å². The van der Waals surface area contributed by atoms with Gasteiger partial charge >= 0.3 is 0 Å². The summed E-state index contributed by atoms with van der Waals surface area (Å²) in [7, 11) is 2.15. The number of piperazine rings is 1. The van der Waals surface area contributed by atoms with Crippen molar-refractivity contribution >= 4 is 11.6 Å². The number of nitrogens with one attached hydrogen (secondary N) is 1. The molecule has 2 heterocycles. The number of aromatic nitrogens is 2. The van der Waals surface area contributed by atoms with Crippen molar-refractivity contribution in [2.24, 2.45) is 5.84 Å². The molecule has 0 saturated carbocycles. The number of hydrogen-bond acceptors (Lipinski definition) is 6. The number of nitrogen functional groups attached to an aromatic ring is 1. The predicted octanol–water partition coefficient (Wildman–Crippen LogP) is 0.775. The number of hydrazine groups is 1. The highest BCUT2D eigenvalue weighted by atomic mass is 15.3. The Morgan fingerprint density at radius 2 is 1.89 bits per heavy atom. The van der Waals surface area contributed by atoms with Crippen LogP contribution in [0.5, 0.6) is 0 Å². The third-order valence-electron chi connectivity index (χ3n) is 3.58. The van der Waals surface area contributed by atoms with Crippen molar-refractivity contribution in [1.82, 2.24) is 14.9 Å². The lowest BCUT2D eigenvalue weighted by atomic mass is 10.2. The van der Waals surface area contributed by atoms with Crippen LogP contribution in [0.4, 0.5) is 11.6 Å². The molecule has 1 aromatic heterocycles. The van der Waals surface area contributed by atoms with Crippen LogP contribution >= 0.6 is 0 Å². The van der Waals surface area contributed by atoms with Gasteiger partial charge in [-0.25, -0.2) is 15.8 Å². The van der Waals surface area contributed by atoms with E-state index in [9.17, 15) is 0 Å². The molecule has 0 aliphatic carbocycles. The maximum Gasteiger partial charge on any atom is 0.148 e. The van der Waals surface area contributed by atoms with Crippen molar-refractivity contribution in [2.45, 2.75) is 26.7 Å². The van der Waals surface area contributed by atoms with E-state index in [0.29, 0.717) is 0 Å². The quantitative estimate of drug-likeness (QED) is 0.618. The Kier molecular flexibility index (Phi) is 4.55. The van der Waals surface area contributed by atoms with Gasteiger partial charge in [-0.1, -0.05) is 6.92 Å². The fourth-order valence-corrected chi connectivity index (χ4v) is 2.35. The van der Waals surface area contributed by atoms with Crippen molar-refractivity contribution < 1.29 is 0 Å². The summed E-state index contributed by atoms with van der Waals surface area (Å²) in [5.41, 5.74) is 3.73. The molecule has 0 bridgehead atoms. The fraction of sp³-hybridized carbons (Fsp3) is 0.692. The molecule has 6 heteroatoms. The van der Waals surface area contributed by atoms with Gasteiger partial charge in [0.25, 0.3) is 0 Å². The van der Waals surface area contributed by atoms with Crippen molar-refractivity contribution in [3.8, 4) is 0 Å². The van der Waals surface area contributed by atoms with Crippen LogP contribution in [0.1, 0.15) is 24.7 Å². The third-order valence-corrected chi connectivity index (χ3v) is 3.58. The minimum Gasteiger partial charge on any atom is -0.354 e. The number of rotatable bonds is 4. The van der Waals surface area contributed by atoms with E-state index in [0.717, 1.165) is 62.0 Å². The summed E-state index contributed by atoms with van der Waals surface area (Å²) in [5.74, 6) is 8.21. The lowest BCUT2D eigenvalue weighted by Crippen LogP contribution is -2.45. The van der Waals surface area contributed by atoms with E-state index in [4.69, 9.17) is 10.8 Å². The highest BCUT2D eigenvalue weighted by Gasteiger charge is 2.19. The molecule has 0 atom stereocenters. The number of nitrogens with zero attached hydrogens (tertiary/aromatic N) is 4. The zero-order chi connectivity index (χ0) is 13.8. The Hall–Kier alpha value is -1.40. The van der Waals surface area contributed by atoms with Crippen LogP contribution in [-0.4, -0.2) is 48.1 Å². The topological polar surface area (TPSA) is 70.3 Å². The first-order valence-corrected chi connectivity index (χ1v) is 6.93. The van der Waals surface area contributed by atoms with Gasteiger partial charge in [0, 0.05) is 38.2 Å². The molecule has 1 aliphatic heterocycles. The van der Waals surface area contributed by atoms with Crippen LogP contribution in [0.15, 0.2) is 0 Å². The number of aryl methyl sites for hydroxylation is 1. The molecule has 1 aromatic rings. The van der Waals surface area contributed by atoms with Crippen LogP contribution < -0.4 is 16.2 Å². The number of likely N-dealkylation sites (N-methyl/N-ethyl adjacent to an activating group) is 1. The first-order chi connectivity index (χ1) is 9.15. The molecule has 0 radical (unpaired) electrons. The molecule has 19 heavy (non-hydrogen) atoms. The van der Waals surface area contributed by atoms with Crippen LogP contribution in [0, 0.1) is 6.92 Å². The molecule has 3 N–H and O–H groups in total. The second-order valence-electron chi connectivity index (χ2n) is 5.12. The first-order valence-electron chi connectivity index (χ1n) is 6.93. The van der Waals surface area contributed by atoms with Gasteiger partial charge in [-0.2, -0.15) is 0 Å². The maximum absolute atomic E-state index is 5.57. The van der Waals surface area contributed by atoms with Crippen LogP contribution in [0.3, 0.4) is 0 Å². The molecule has 1 aliphatic rings.